The lowest BCUT2D eigenvalue weighted by molar-refractivity contribution is -0.388. The molecule has 0 amide bonds. The maximum absolute atomic E-state index is 13.2. The van der Waals surface area contributed by atoms with Crippen LogP contribution in [0.1, 0.15) is 62.5 Å². The first-order chi connectivity index (χ1) is 10.8. The molecule has 0 unspecified atom stereocenters. The third-order valence-corrected chi connectivity index (χ3v) is 4.18. The van der Waals surface area contributed by atoms with E-state index in [2.05, 4.69) is 0 Å². The van der Waals surface area contributed by atoms with Gasteiger partial charge in [0.05, 0.1) is 17.6 Å². The van der Waals surface area contributed by atoms with Crippen LogP contribution >= 0.6 is 0 Å². The minimum absolute atomic E-state index is 0.0199. The van der Waals surface area contributed by atoms with Crippen molar-refractivity contribution in [2.45, 2.75) is 57.5 Å². The third kappa shape index (κ3) is 4.14. The molecule has 23 heavy (non-hydrogen) atoms. The molecule has 0 saturated heterocycles. The monoisotopic (exact) mass is 331 g/mol. The van der Waals surface area contributed by atoms with Gasteiger partial charge in [-0.15, -0.1) is 0 Å². The molecule has 0 heterocycles. The standard InChI is InChI=1S/C16H20F3NO3/c1-2-3-8-23-15-10-14(20(21)22)13(16(17,18)19)9-12(15)11-6-4-5-7-11/h9-11H,2-8H2,1H3. The fourth-order valence-corrected chi connectivity index (χ4v) is 2.97. The molecule has 1 saturated carbocycles. The maximum atomic E-state index is 13.2. The van der Waals surface area contributed by atoms with Crippen molar-refractivity contribution in [3.8, 4) is 5.75 Å². The van der Waals surface area contributed by atoms with Crippen molar-refractivity contribution in [3.63, 3.8) is 0 Å². The smallest absolute Gasteiger partial charge is 0.423 e. The summed E-state index contributed by atoms with van der Waals surface area (Å²) in [6.07, 6.45) is 0.366. The minimum Gasteiger partial charge on any atom is -0.493 e. The summed E-state index contributed by atoms with van der Waals surface area (Å²) in [5, 5.41) is 11.0. The van der Waals surface area contributed by atoms with Gasteiger partial charge in [0.1, 0.15) is 11.3 Å². The molecule has 128 valence electrons. The van der Waals surface area contributed by atoms with Crippen molar-refractivity contribution in [1.29, 1.82) is 0 Å². The van der Waals surface area contributed by atoms with Gasteiger partial charge < -0.3 is 4.74 Å². The average molecular weight is 331 g/mol. The Morgan fingerprint density at radius 3 is 2.48 bits per heavy atom. The molecule has 0 spiro atoms. The predicted molar refractivity (Wildman–Crippen MR) is 79.7 cm³/mol. The lowest BCUT2D eigenvalue weighted by atomic mass is 9.94. The fraction of sp³-hybridized carbons (Fsp3) is 0.625. The number of benzene rings is 1. The topological polar surface area (TPSA) is 52.4 Å². The van der Waals surface area contributed by atoms with Crippen molar-refractivity contribution in [2.75, 3.05) is 6.61 Å². The van der Waals surface area contributed by atoms with Crippen LogP contribution in [0, 0.1) is 10.1 Å². The van der Waals surface area contributed by atoms with Crippen LogP contribution in [-0.2, 0) is 6.18 Å². The lowest BCUT2D eigenvalue weighted by Gasteiger charge is -2.18. The summed E-state index contributed by atoms with van der Waals surface area (Å²) >= 11 is 0. The van der Waals surface area contributed by atoms with Gasteiger partial charge in [0.25, 0.3) is 5.69 Å². The quantitative estimate of drug-likeness (QED) is 0.396. The van der Waals surface area contributed by atoms with Crippen LogP contribution in [0.2, 0.25) is 0 Å². The van der Waals surface area contributed by atoms with Gasteiger partial charge in [0.15, 0.2) is 0 Å². The van der Waals surface area contributed by atoms with E-state index in [-0.39, 0.29) is 11.7 Å². The summed E-state index contributed by atoms with van der Waals surface area (Å²) in [7, 11) is 0. The zero-order valence-electron chi connectivity index (χ0n) is 13.0. The molecule has 1 aliphatic rings. The van der Waals surface area contributed by atoms with Gasteiger partial charge in [-0.1, -0.05) is 26.2 Å². The highest BCUT2D eigenvalue weighted by Crippen LogP contribution is 2.45. The van der Waals surface area contributed by atoms with Gasteiger partial charge in [-0.3, -0.25) is 10.1 Å². The summed E-state index contributed by atoms with van der Waals surface area (Å²) in [5.74, 6) is 0.207. The van der Waals surface area contributed by atoms with E-state index in [4.69, 9.17) is 4.74 Å². The molecule has 7 heteroatoms. The molecule has 1 fully saturated rings. The number of nitro benzene ring substituents is 1. The summed E-state index contributed by atoms with van der Waals surface area (Å²) in [5.41, 5.74) is -1.67. The molecular formula is C16H20F3NO3. The Balaban J connectivity index is 2.48. The van der Waals surface area contributed by atoms with Gasteiger partial charge in [0, 0.05) is 0 Å². The number of rotatable bonds is 6. The number of nitro groups is 1. The average Bonchev–Trinajstić information content (AvgIpc) is 2.99. The number of nitrogens with zero attached hydrogens (tertiary/aromatic N) is 1. The van der Waals surface area contributed by atoms with E-state index >= 15 is 0 Å². The first-order valence-corrected chi connectivity index (χ1v) is 7.87. The van der Waals surface area contributed by atoms with E-state index in [9.17, 15) is 23.3 Å². The molecule has 1 aromatic rings. The Morgan fingerprint density at radius 1 is 1.30 bits per heavy atom. The second kappa shape index (κ2) is 7.19. The number of hydrogen-bond acceptors (Lipinski definition) is 3. The van der Waals surface area contributed by atoms with Gasteiger partial charge >= 0.3 is 6.18 Å². The minimum atomic E-state index is -4.75. The molecule has 2 rings (SSSR count). The van der Waals surface area contributed by atoms with Crippen molar-refractivity contribution in [1.82, 2.24) is 0 Å². The molecule has 0 radical (unpaired) electrons. The molecular weight excluding hydrogens is 311 g/mol. The Labute approximate surface area is 132 Å². The van der Waals surface area contributed by atoms with E-state index in [0.29, 0.717) is 12.2 Å². The van der Waals surface area contributed by atoms with Crippen LogP contribution in [0.5, 0.6) is 5.75 Å². The molecule has 1 aromatic carbocycles. The van der Waals surface area contributed by atoms with E-state index in [0.717, 1.165) is 50.7 Å². The van der Waals surface area contributed by atoms with Gasteiger partial charge in [-0.2, -0.15) is 13.2 Å². The lowest BCUT2D eigenvalue weighted by Crippen LogP contribution is -2.12. The van der Waals surface area contributed by atoms with E-state index in [1.165, 1.54) is 0 Å². The second-order valence-electron chi connectivity index (χ2n) is 5.85. The van der Waals surface area contributed by atoms with Crippen LogP contribution < -0.4 is 4.74 Å². The van der Waals surface area contributed by atoms with Crippen molar-refractivity contribution in [3.05, 3.63) is 33.4 Å². The highest BCUT2D eigenvalue weighted by atomic mass is 19.4. The molecule has 0 bridgehead atoms. The van der Waals surface area contributed by atoms with Crippen LogP contribution in [0.3, 0.4) is 0 Å². The van der Waals surface area contributed by atoms with Crippen LogP contribution in [0.25, 0.3) is 0 Å². The first-order valence-electron chi connectivity index (χ1n) is 7.87. The molecule has 0 N–H and O–H groups in total. The highest BCUT2D eigenvalue weighted by molar-refractivity contribution is 5.53. The van der Waals surface area contributed by atoms with E-state index < -0.39 is 22.4 Å². The number of ether oxygens (including phenoxy) is 1. The zero-order chi connectivity index (χ0) is 17.0. The molecule has 4 nitrogen and oxygen atoms in total. The van der Waals surface area contributed by atoms with Crippen LogP contribution in [0.4, 0.5) is 18.9 Å². The van der Waals surface area contributed by atoms with E-state index in [1.807, 2.05) is 6.92 Å². The molecule has 0 atom stereocenters. The van der Waals surface area contributed by atoms with Crippen molar-refractivity contribution >= 4 is 5.69 Å². The number of halogens is 3. The Hall–Kier alpha value is -1.79. The molecule has 0 aromatic heterocycles. The third-order valence-electron chi connectivity index (χ3n) is 4.18. The van der Waals surface area contributed by atoms with Crippen LogP contribution in [0.15, 0.2) is 12.1 Å². The molecule has 0 aliphatic heterocycles. The van der Waals surface area contributed by atoms with Crippen molar-refractivity contribution in [2.24, 2.45) is 0 Å². The van der Waals surface area contributed by atoms with Crippen LogP contribution in [-0.4, -0.2) is 11.5 Å². The SMILES string of the molecule is CCCCOc1cc([N+](=O)[O-])c(C(F)(F)F)cc1C1CCCC1. The normalized spacial score (nSPS) is 15.8. The van der Waals surface area contributed by atoms with Crippen molar-refractivity contribution < 1.29 is 22.8 Å². The fourth-order valence-electron chi connectivity index (χ4n) is 2.97. The Kier molecular flexibility index (Phi) is 5.49. The zero-order valence-corrected chi connectivity index (χ0v) is 13.0. The summed E-state index contributed by atoms with van der Waals surface area (Å²) in [6, 6.07) is 1.88. The first kappa shape index (κ1) is 17.6. The summed E-state index contributed by atoms with van der Waals surface area (Å²) < 4.78 is 45.1. The number of hydrogen-bond donors (Lipinski definition) is 0. The van der Waals surface area contributed by atoms with Gasteiger partial charge in [-0.05, 0) is 36.8 Å². The van der Waals surface area contributed by atoms with E-state index in [1.54, 1.807) is 0 Å². The Morgan fingerprint density at radius 2 is 1.96 bits per heavy atom. The summed E-state index contributed by atoms with van der Waals surface area (Å²) in [6.45, 7) is 2.31. The highest BCUT2D eigenvalue weighted by Gasteiger charge is 2.40. The largest absolute Gasteiger partial charge is 0.493 e. The molecule has 1 aliphatic carbocycles. The predicted octanol–water partition coefficient (Wildman–Crippen LogP) is 5.45. The number of unbranched alkanes of at least 4 members (excludes halogenated alkanes) is 1. The Bertz CT molecular complexity index is 566. The number of alkyl halides is 3. The maximum Gasteiger partial charge on any atom is 0.423 e. The second-order valence-corrected chi connectivity index (χ2v) is 5.85. The van der Waals surface area contributed by atoms with Gasteiger partial charge in [-0.25, -0.2) is 0 Å². The van der Waals surface area contributed by atoms with Gasteiger partial charge in [0.2, 0.25) is 0 Å². The summed E-state index contributed by atoms with van der Waals surface area (Å²) in [4.78, 5) is 10.0.